The lowest BCUT2D eigenvalue weighted by Crippen LogP contribution is -2.43. The molecule has 0 N–H and O–H groups in total. The van der Waals surface area contributed by atoms with E-state index in [1.807, 2.05) is 0 Å². The summed E-state index contributed by atoms with van der Waals surface area (Å²) in [7, 11) is -1.88. The van der Waals surface area contributed by atoms with Crippen LogP contribution in [-0.4, -0.2) is 26.4 Å². The Hall–Kier alpha value is -0.838. The van der Waals surface area contributed by atoms with Gasteiger partial charge in [0, 0.05) is 0 Å². The summed E-state index contributed by atoms with van der Waals surface area (Å²) in [6.07, 6.45) is 2.37. The highest BCUT2D eigenvalue weighted by Crippen LogP contribution is 2.40. The monoisotopic (exact) mass is 358 g/mol. The lowest BCUT2D eigenvalue weighted by atomic mass is 9.75. The van der Waals surface area contributed by atoms with Gasteiger partial charge in [-0.1, -0.05) is 75.5 Å². The van der Waals surface area contributed by atoms with Crippen LogP contribution in [0.3, 0.4) is 0 Å². The van der Waals surface area contributed by atoms with Gasteiger partial charge in [-0.3, -0.25) is 0 Å². The van der Waals surface area contributed by atoms with E-state index in [4.69, 9.17) is 9.31 Å². The van der Waals surface area contributed by atoms with Crippen molar-refractivity contribution in [2.45, 2.75) is 78.8 Å². The molecule has 0 spiro atoms. The Morgan fingerprint density at radius 3 is 1.92 bits per heavy atom. The Kier molecular flexibility index (Phi) is 5.50. The molecule has 0 aromatic heterocycles. The summed E-state index contributed by atoms with van der Waals surface area (Å²) in [6, 6.07) is 12.0. The molecule has 0 saturated carbocycles. The standard InChI is InChI=1S/C21H35BO2Si/c1-19(2,3)15-17(22-23-20(4,5)21(6,7)24-22)16-25(8,9)18-13-11-10-12-14-18/h10-15H,16H2,1-9H3. The Morgan fingerprint density at radius 1 is 1.00 bits per heavy atom. The maximum absolute atomic E-state index is 6.39. The third-order valence-electron chi connectivity index (χ3n) is 5.38. The molecule has 0 amide bonds. The van der Waals surface area contributed by atoms with Gasteiger partial charge in [0.25, 0.3) is 0 Å². The number of allylic oxidation sites excluding steroid dienone is 2. The van der Waals surface area contributed by atoms with Crippen molar-refractivity contribution in [3.8, 4) is 0 Å². The first-order valence-corrected chi connectivity index (χ1v) is 12.6. The van der Waals surface area contributed by atoms with Gasteiger partial charge < -0.3 is 9.31 Å². The van der Waals surface area contributed by atoms with E-state index in [1.165, 1.54) is 10.7 Å². The van der Waals surface area contributed by atoms with E-state index in [0.29, 0.717) is 0 Å². The molecule has 2 nitrogen and oxygen atoms in total. The quantitative estimate of drug-likeness (QED) is 0.688. The molecule has 0 radical (unpaired) electrons. The zero-order valence-corrected chi connectivity index (χ0v) is 18.6. The van der Waals surface area contributed by atoms with Gasteiger partial charge in [0.2, 0.25) is 0 Å². The van der Waals surface area contributed by atoms with Gasteiger partial charge in [-0.2, -0.15) is 0 Å². The topological polar surface area (TPSA) is 18.5 Å². The molecule has 1 aromatic rings. The first-order chi connectivity index (χ1) is 11.2. The summed E-state index contributed by atoms with van der Waals surface area (Å²) >= 11 is 0. The molecule has 138 valence electrons. The molecule has 1 heterocycles. The van der Waals surface area contributed by atoms with E-state index in [0.717, 1.165) is 6.04 Å². The molecule has 4 heteroatoms. The highest BCUT2D eigenvalue weighted by Gasteiger charge is 2.53. The van der Waals surface area contributed by atoms with E-state index in [2.05, 4.69) is 98.0 Å². The Labute approximate surface area is 156 Å². The second kappa shape index (κ2) is 6.71. The molecule has 25 heavy (non-hydrogen) atoms. The number of hydrogen-bond acceptors (Lipinski definition) is 2. The Balaban J connectivity index is 2.35. The first-order valence-electron chi connectivity index (χ1n) is 9.36. The highest BCUT2D eigenvalue weighted by molar-refractivity contribution is 6.91. The second-order valence-corrected chi connectivity index (χ2v) is 14.8. The predicted octanol–water partition coefficient (Wildman–Crippen LogP) is 5.21. The minimum absolute atomic E-state index is 0.0973. The van der Waals surface area contributed by atoms with Crippen LogP contribution in [0.1, 0.15) is 48.5 Å². The third kappa shape index (κ3) is 4.87. The maximum Gasteiger partial charge on any atom is 0.489 e. The van der Waals surface area contributed by atoms with Crippen molar-refractivity contribution in [3.05, 3.63) is 41.9 Å². The van der Waals surface area contributed by atoms with Crippen LogP contribution >= 0.6 is 0 Å². The smallest absolute Gasteiger partial charge is 0.400 e. The molecule has 1 aliphatic heterocycles. The van der Waals surface area contributed by atoms with E-state index in [9.17, 15) is 0 Å². The summed E-state index contributed by atoms with van der Waals surface area (Å²) in [5, 5.41) is 1.48. The molecule has 0 aliphatic carbocycles. The Morgan fingerprint density at radius 2 is 1.48 bits per heavy atom. The van der Waals surface area contributed by atoms with Gasteiger partial charge in [-0.15, -0.1) is 0 Å². The molecule has 1 aliphatic rings. The SMILES string of the molecule is CC(C)(C)C=C(C[Si](C)(C)c1ccccc1)B1OC(C)(C)C(C)(C)O1. The first kappa shape index (κ1) is 20.5. The van der Waals surface area contributed by atoms with Crippen LogP contribution in [0.2, 0.25) is 19.1 Å². The average molecular weight is 358 g/mol. The van der Waals surface area contributed by atoms with Crippen molar-refractivity contribution in [2.75, 3.05) is 0 Å². The molecule has 1 aromatic carbocycles. The fourth-order valence-electron chi connectivity index (χ4n) is 3.25. The van der Waals surface area contributed by atoms with E-state index in [-0.39, 0.29) is 23.7 Å². The van der Waals surface area contributed by atoms with Crippen LogP contribution in [0.4, 0.5) is 0 Å². The fraction of sp³-hybridized carbons (Fsp3) is 0.619. The van der Waals surface area contributed by atoms with Crippen molar-refractivity contribution < 1.29 is 9.31 Å². The third-order valence-corrected chi connectivity index (χ3v) is 8.56. The highest BCUT2D eigenvalue weighted by atomic mass is 28.3. The zero-order chi connectivity index (χ0) is 19.1. The van der Waals surface area contributed by atoms with Crippen molar-refractivity contribution in [1.82, 2.24) is 0 Å². The van der Waals surface area contributed by atoms with E-state index in [1.54, 1.807) is 0 Å². The normalized spacial score (nSPS) is 20.8. The van der Waals surface area contributed by atoms with Crippen molar-refractivity contribution >= 4 is 20.4 Å². The predicted molar refractivity (Wildman–Crippen MR) is 112 cm³/mol. The molecule has 1 fully saturated rings. The lowest BCUT2D eigenvalue weighted by molar-refractivity contribution is 0.00578. The van der Waals surface area contributed by atoms with Gasteiger partial charge in [-0.25, -0.2) is 0 Å². The molecule has 1 saturated heterocycles. The van der Waals surface area contributed by atoms with E-state index >= 15 is 0 Å². The van der Waals surface area contributed by atoms with Crippen LogP contribution in [-0.2, 0) is 9.31 Å². The average Bonchev–Trinajstić information content (AvgIpc) is 2.66. The summed E-state index contributed by atoms with van der Waals surface area (Å²) in [6.45, 7) is 20.1. The van der Waals surface area contributed by atoms with Crippen LogP contribution < -0.4 is 5.19 Å². The molecule has 2 rings (SSSR count). The van der Waals surface area contributed by atoms with Crippen molar-refractivity contribution in [3.63, 3.8) is 0 Å². The Bertz CT molecular complexity index is 611. The zero-order valence-electron chi connectivity index (χ0n) is 17.6. The van der Waals surface area contributed by atoms with Gasteiger partial charge in [0.05, 0.1) is 19.3 Å². The number of benzene rings is 1. The summed E-state index contributed by atoms with van der Waals surface area (Å²) in [5.74, 6) is 0. The molecular weight excluding hydrogens is 323 g/mol. The number of rotatable bonds is 4. The summed E-state index contributed by atoms with van der Waals surface area (Å²) < 4.78 is 12.8. The minimum Gasteiger partial charge on any atom is -0.400 e. The van der Waals surface area contributed by atoms with E-state index < -0.39 is 8.07 Å². The summed E-state index contributed by atoms with van der Waals surface area (Å²) in [4.78, 5) is 0. The van der Waals surface area contributed by atoms with Crippen LogP contribution in [0.5, 0.6) is 0 Å². The molecular formula is C21H35BO2Si. The van der Waals surface area contributed by atoms with Gasteiger partial charge in [0.15, 0.2) is 0 Å². The lowest BCUT2D eigenvalue weighted by Gasteiger charge is -2.32. The number of hydrogen-bond donors (Lipinski definition) is 0. The molecule has 0 atom stereocenters. The van der Waals surface area contributed by atoms with Crippen molar-refractivity contribution in [1.29, 1.82) is 0 Å². The van der Waals surface area contributed by atoms with Gasteiger partial charge in [0.1, 0.15) is 0 Å². The minimum atomic E-state index is -1.63. The maximum atomic E-state index is 6.39. The van der Waals surface area contributed by atoms with Gasteiger partial charge in [-0.05, 0) is 44.6 Å². The fourth-order valence-corrected chi connectivity index (χ4v) is 5.84. The second-order valence-electron chi connectivity index (χ2n) is 10.1. The largest absolute Gasteiger partial charge is 0.489 e. The molecule has 0 bridgehead atoms. The van der Waals surface area contributed by atoms with Crippen LogP contribution in [0.25, 0.3) is 0 Å². The van der Waals surface area contributed by atoms with Crippen LogP contribution in [0.15, 0.2) is 41.9 Å². The van der Waals surface area contributed by atoms with Crippen LogP contribution in [0, 0.1) is 5.41 Å². The summed E-state index contributed by atoms with van der Waals surface area (Å²) in [5.41, 5.74) is 0.798. The van der Waals surface area contributed by atoms with Gasteiger partial charge >= 0.3 is 7.12 Å². The molecule has 0 unspecified atom stereocenters. The van der Waals surface area contributed by atoms with Crippen molar-refractivity contribution in [2.24, 2.45) is 5.41 Å².